The average molecular weight is 357 g/mol. The molecule has 0 saturated carbocycles. The molecular weight excluding hydrogens is 334 g/mol. The van der Waals surface area contributed by atoms with Crippen LogP contribution in [0.3, 0.4) is 0 Å². The van der Waals surface area contributed by atoms with E-state index in [1.54, 1.807) is 17.0 Å². The van der Waals surface area contributed by atoms with E-state index in [2.05, 4.69) is 0 Å². The van der Waals surface area contributed by atoms with Gasteiger partial charge in [-0.3, -0.25) is 9.59 Å². The molecule has 7 nitrogen and oxygen atoms in total. The van der Waals surface area contributed by atoms with Crippen molar-refractivity contribution in [1.29, 1.82) is 0 Å². The molecule has 0 radical (unpaired) electrons. The number of piperidine rings is 1. The smallest absolute Gasteiger partial charge is 0.332 e. The zero-order valence-electron chi connectivity index (χ0n) is 14.7. The normalized spacial score (nSPS) is 24.6. The summed E-state index contributed by atoms with van der Waals surface area (Å²) in [4.78, 5) is 42.4. The van der Waals surface area contributed by atoms with Crippen LogP contribution in [-0.2, 0) is 14.3 Å². The van der Waals surface area contributed by atoms with Crippen LogP contribution in [0.4, 0.5) is 10.5 Å². The number of imide groups is 1. The number of hydrogen-bond donors (Lipinski definition) is 0. The van der Waals surface area contributed by atoms with Crippen LogP contribution >= 0.6 is 0 Å². The third-order valence-electron chi connectivity index (χ3n) is 5.50. The van der Waals surface area contributed by atoms with Gasteiger partial charge in [0, 0.05) is 25.7 Å². The highest BCUT2D eigenvalue weighted by Crippen LogP contribution is 2.27. The van der Waals surface area contributed by atoms with Gasteiger partial charge in [-0.25, -0.2) is 9.69 Å². The zero-order chi connectivity index (χ0) is 18.1. The maximum Gasteiger partial charge on any atom is 0.332 e. The molecule has 3 heterocycles. The highest BCUT2D eigenvalue weighted by atomic mass is 16.5. The Morgan fingerprint density at radius 1 is 1.04 bits per heavy atom. The van der Waals surface area contributed by atoms with Gasteiger partial charge >= 0.3 is 6.03 Å². The minimum atomic E-state index is -0.254. The maximum atomic E-state index is 12.8. The van der Waals surface area contributed by atoms with Gasteiger partial charge in [0.25, 0.3) is 5.91 Å². The standard InChI is InChI=1S/C19H23N3O4/c23-17-12-21(19(25)22(17)16-4-2-1-3-5-16)15-6-9-20(10-7-15)18(24)14-8-11-26-13-14/h1-5,14-15H,6-13H2. The highest BCUT2D eigenvalue weighted by molar-refractivity contribution is 6.19. The molecule has 138 valence electrons. The lowest BCUT2D eigenvalue weighted by atomic mass is 10.0. The number of benzene rings is 1. The molecule has 0 spiro atoms. The summed E-state index contributed by atoms with van der Waals surface area (Å²) in [5.74, 6) is -0.0476. The van der Waals surface area contributed by atoms with E-state index in [0.717, 1.165) is 6.42 Å². The summed E-state index contributed by atoms with van der Waals surface area (Å²) >= 11 is 0. The lowest BCUT2D eigenvalue weighted by Gasteiger charge is -2.37. The van der Waals surface area contributed by atoms with E-state index < -0.39 is 0 Å². The number of urea groups is 1. The number of para-hydroxylation sites is 1. The Hall–Kier alpha value is -2.41. The van der Waals surface area contributed by atoms with Crippen molar-refractivity contribution < 1.29 is 19.1 Å². The van der Waals surface area contributed by atoms with Crippen molar-refractivity contribution in [1.82, 2.24) is 9.80 Å². The average Bonchev–Trinajstić information content (AvgIpc) is 3.30. The molecule has 4 amide bonds. The van der Waals surface area contributed by atoms with Crippen molar-refractivity contribution in [2.45, 2.75) is 25.3 Å². The fourth-order valence-corrected chi connectivity index (χ4v) is 4.02. The number of amides is 4. The molecule has 7 heteroatoms. The quantitative estimate of drug-likeness (QED) is 0.769. The Labute approximate surface area is 152 Å². The van der Waals surface area contributed by atoms with Crippen LogP contribution in [0.15, 0.2) is 30.3 Å². The van der Waals surface area contributed by atoms with E-state index in [-0.39, 0.29) is 36.3 Å². The fraction of sp³-hybridized carbons (Fsp3) is 0.526. The third kappa shape index (κ3) is 3.07. The summed E-state index contributed by atoms with van der Waals surface area (Å²) in [6.07, 6.45) is 2.21. The van der Waals surface area contributed by atoms with Crippen LogP contribution in [0.5, 0.6) is 0 Å². The second-order valence-electron chi connectivity index (χ2n) is 7.09. The number of hydrogen-bond acceptors (Lipinski definition) is 4. The Morgan fingerprint density at radius 2 is 1.77 bits per heavy atom. The Bertz CT molecular complexity index is 694. The molecule has 1 aromatic rings. The molecule has 3 aliphatic heterocycles. The molecule has 1 aromatic carbocycles. The van der Waals surface area contributed by atoms with E-state index in [0.29, 0.717) is 44.8 Å². The van der Waals surface area contributed by atoms with E-state index in [1.165, 1.54) is 4.90 Å². The van der Waals surface area contributed by atoms with E-state index in [4.69, 9.17) is 4.74 Å². The molecule has 26 heavy (non-hydrogen) atoms. The number of ether oxygens (including phenoxy) is 1. The van der Waals surface area contributed by atoms with Crippen LogP contribution in [0.25, 0.3) is 0 Å². The van der Waals surface area contributed by atoms with Gasteiger partial charge in [-0.2, -0.15) is 0 Å². The highest BCUT2D eigenvalue weighted by Gasteiger charge is 2.42. The SMILES string of the molecule is O=C(C1CCOC1)N1CCC(N2CC(=O)N(c3ccccc3)C2=O)CC1. The molecule has 0 bridgehead atoms. The van der Waals surface area contributed by atoms with Crippen LogP contribution in [0.1, 0.15) is 19.3 Å². The van der Waals surface area contributed by atoms with Crippen LogP contribution < -0.4 is 4.90 Å². The van der Waals surface area contributed by atoms with Crippen LogP contribution in [-0.4, -0.2) is 66.5 Å². The minimum absolute atomic E-state index is 0.00374. The Kier molecular flexibility index (Phi) is 4.63. The molecular formula is C19H23N3O4. The minimum Gasteiger partial charge on any atom is -0.381 e. The topological polar surface area (TPSA) is 70.2 Å². The first-order valence-corrected chi connectivity index (χ1v) is 9.20. The van der Waals surface area contributed by atoms with Crippen molar-refractivity contribution in [2.75, 3.05) is 37.7 Å². The van der Waals surface area contributed by atoms with Crippen molar-refractivity contribution in [2.24, 2.45) is 5.92 Å². The lowest BCUT2D eigenvalue weighted by molar-refractivity contribution is -0.137. The van der Waals surface area contributed by atoms with E-state index in [9.17, 15) is 14.4 Å². The molecule has 3 fully saturated rings. The van der Waals surface area contributed by atoms with Gasteiger partial charge in [-0.15, -0.1) is 0 Å². The summed E-state index contributed by atoms with van der Waals surface area (Å²) in [6, 6.07) is 8.77. The second kappa shape index (κ2) is 7.07. The monoisotopic (exact) mass is 357 g/mol. The number of rotatable bonds is 3. The zero-order valence-corrected chi connectivity index (χ0v) is 14.7. The van der Waals surface area contributed by atoms with Crippen molar-refractivity contribution >= 4 is 23.5 Å². The van der Waals surface area contributed by atoms with Crippen molar-refractivity contribution in [3.05, 3.63) is 30.3 Å². The first-order valence-electron chi connectivity index (χ1n) is 9.20. The van der Waals surface area contributed by atoms with Gasteiger partial charge in [0.15, 0.2) is 0 Å². The van der Waals surface area contributed by atoms with Gasteiger partial charge in [-0.05, 0) is 31.4 Å². The summed E-state index contributed by atoms with van der Waals surface area (Å²) < 4.78 is 5.31. The van der Waals surface area contributed by atoms with E-state index >= 15 is 0 Å². The van der Waals surface area contributed by atoms with E-state index in [1.807, 2.05) is 23.1 Å². The van der Waals surface area contributed by atoms with Crippen molar-refractivity contribution in [3.63, 3.8) is 0 Å². The molecule has 0 N–H and O–H groups in total. The third-order valence-corrected chi connectivity index (χ3v) is 5.50. The molecule has 1 unspecified atom stereocenters. The number of anilines is 1. The van der Waals surface area contributed by atoms with Crippen LogP contribution in [0, 0.1) is 5.92 Å². The number of carbonyl (C=O) groups excluding carboxylic acids is 3. The predicted molar refractivity (Wildman–Crippen MR) is 94.6 cm³/mol. The first kappa shape index (κ1) is 17.0. The molecule has 0 aliphatic carbocycles. The van der Waals surface area contributed by atoms with Crippen LogP contribution in [0.2, 0.25) is 0 Å². The number of likely N-dealkylation sites (tertiary alicyclic amines) is 1. The molecule has 1 atom stereocenters. The number of carbonyl (C=O) groups is 3. The van der Waals surface area contributed by atoms with Gasteiger partial charge in [0.2, 0.25) is 5.91 Å². The van der Waals surface area contributed by atoms with Gasteiger partial charge in [-0.1, -0.05) is 18.2 Å². The second-order valence-corrected chi connectivity index (χ2v) is 7.09. The number of nitrogens with zero attached hydrogens (tertiary/aromatic N) is 3. The molecule has 4 rings (SSSR count). The molecule has 0 aromatic heterocycles. The lowest BCUT2D eigenvalue weighted by Crippen LogP contribution is -2.49. The van der Waals surface area contributed by atoms with Gasteiger partial charge in [0.05, 0.1) is 18.2 Å². The molecule has 3 saturated heterocycles. The Morgan fingerprint density at radius 3 is 2.42 bits per heavy atom. The largest absolute Gasteiger partial charge is 0.381 e. The van der Waals surface area contributed by atoms with Crippen molar-refractivity contribution in [3.8, 4) is 0 Å². The molecule has 3 aliphatic rings. The van der Waals surface area contributed by atoms with Gasteiger partial charge < -0.3 is 14.5 Å². The fourth-order valence-electron chi connectivity index (χ4n) is 4.02. The summed E-state index contributed by atoms with van der Waals surface area (Å²) in [5, 5.41) is 0. The summed E-state index contributed by atoms with van der Waals surface area (Å²) in [6.45, 7) is 2.55. The summed E-state index contributed by atoms with van der Waals surface area (Å²) in [5.41, 5.74) is 0.610. The predicted octanol–water partition coefficient (Wildman–Crippen LogP) is 1.48. The Balaban J connectivity index is 1.38. The van der Waals surface area contributed by atoms with Gasteiger partial charge in [0.1, 0.15) is 6.54 Å². The summed E-state index contributed by atoms with van der Waals surface area (Å²) in [7, 11) is 0. The maximum absolute atomic E-state index is 12.8. The first-order chi connectivity index (χ1) is 12.6.